The molecular weight excluding hydrogens is 322 g/mol. The molecule has 3 heteroatoms. The number of allylic oxidation sites excluding steroid dienone is 2. The van der Waals surface area contributed by atoms with Gasteiger partial charge in [0.05, 0.1) is 13.2 Å². The number of hydrogen-bond donors (Lipinski definition) is 0. The molecule has 0 saturated carbocycles. The smallest absolute Gasteiger partial charge is 0.127 e. The third kappa shape index (κ3) is 3.11. The van der Waals surface area contributed by atoms with Crippen LogP contribution in [0.3, 0.4) is 0 Å². The Hall–Kier alpha value is -1.95. The van der Waals surface area contributed by atoms with Gasteiger partial charge in [-0.2, -0.15) is 5.26 Å². The summed E-state index contributed by atoms with van der Waals surface area (Å²) in [4.78, 5) is 0. The van der Waals surface area contributed by atoms with Crippen LogP contribution in [-0.4, -0.2) is 12.7 Å². The van der Waals surface area contributed by atoms with Crippen LogP contribution >= 0.6 is 0 Å². The quantitative estimate of drug-likeness (QED) is 0.678. The van der Waals surface area contributed by atoms with Gasteiger partial charge in [-0.1, -0.05) is 33.3 Å². The van der Waals surface area contributed by atoms with Gasteiger partial charge in [0.15, 0.2) is 0 Å². The van der Waals surface area contributed by atoms with E-state index in [9.17, 15) is 5.26 Å². The summed E-state index contributed by atoms with van der Waals surface area (Å²) in [7, 11) is 1.74. The Morgan fingerprint density at radius 2 is 2.08 bits per heavy atom. The predicted octanol–water partition coefficient (Wildman–Crippen LogP) is 5.89. The van der Waals surface area contributed by atoms with E-state index in [0.717, 1.165) is 48.3 Å². The molecule has 0 fully saturated rings. The average molecular weight is 354 g/mol. The fourth-order valence-corrected chi connectivity index (χ4v) is 4.80. The highest BCUT2D eigenvalue weighted by atomic mass is 16.5. The van der Waals surface area contributed by atoms with E-state index in [1.165, 1.54) is 5.56 Å². The molecule has 0 radical (unpaired) electrons. The molecule has 140 valence electrons. The lowest BCUT2D eigenvalue weighted by Gasteiger charge is -2.47. The number of rotatable bonds is 4. The normalized spacial score (nSPS) is 23.8. The number of fused-ring (bicyclic) bond motifs is 3. The van der Waals surface area contributed by atoms with Crippen molar-refractivity contribution in [1.82, 2.24) is 0 Å². The number of nitriles is 1. The van der Waals surface area contributed by atoms with E-state index in [-0.39, 0.29) is 16.9 Å². The van der Waals surface area contributed by atoms with Crippen LogP contribution < -0.4 is 9.47 Å². The summed E-state index contributed by atoms with van der Waals surface area (Å²) < 4.78 is 12.4. The maximum absolute atomic E-state index is 9.41. The minimum absolute atomic E-state index is 0.0751. The summed E-state index contributed by atoms with van der Waals surface area (Å²) in [5.41, 5.74) is 3.11. The number of benzene rings is 1. The predicted molar refractivity (Wildman–Crippen MR) is 105 cm³/mol. The largest absolute Gasteiger partial charge is 0.496 e. The van der Waals surface area contributed by atoms with E-state index < -0.39 is 0 Å². The second-order valence-electron chi connectivity index (χ2n) is 8.92. The average Bonchev–Trinajstić information content (AvgIpc) is 2.59. The molecule has 2 atom stereocenters. The Bertz CT molecular complexity index is 767. The van der Waals surface area contributed by atoms with Crippen LogP contribution in [0.1, 0.15) is 77.3 Å². The number of nitrogens with zero attached hydrogens (tertiary/aromatic N) is 1. The van der Waals surface area contributed by atoms with Crippen LogP contribution in [0.2, 0.25) is 0 Å². The summed E-state index contributed by atoms with van der Waals surface area (Å²) in [5, 5.41) is 9.41. The van der Waals surface area contributed by atoms with E-state index in [0.29, 0.717) is 5.92 Å². The van der Waals surface area contributed by atoms with Crippen molar-refractivity contribution in [3.05, 3.63) is 34.9 Å². The Labute approximate surface area is 158 Å². The first-order valence-corrected chi connectivity index (χ1v) is 9.74. The standard InChI is InChI=1S/C23H31NO2/c1-7-10-22(2,3)16-12-19(25-6)21-17-11-15(14-24)8-9-18(17)23(4,5)26-20(21)13-16/h8,12-13,17-18H,7,9-11H2,1-6H3/t17-,18-/m1/s1. The first-order valence-electron chi connectivity index (χ1n) is 9.74. The molecule has 1 aliphatic carbocycles. The van der Waals surface area contributed by atoms with Crippen LogP contribution in [0, 0.1) is 17.2 Å². The maximum atomic E-state index is 9.41. The van der Waals surface area contributed by atoms with Crippen molar-refractivity contribution in [2.45, 2.75) is 77.2 Å². The monoisotopic (exact) mass is 353 g/mol. The zero-order valence-corrected chi connectivity index (χ0v) is 17.0. The summed E-state index contributed by atoms with van der Waals surface area (Å²) >= 11 is 0. The molecular formula is C23H31NO2. The molecule has 26 heavy (non-hydrogen) atoms. The molecule has 0 amide bonds. The maximum Gasteiger partial charge on any atom is 0.127 e. The van der Waals surface area contributed by atoms with Gasteiger partial charge in [-0.15, -0.1) is 0 Å². The van der Waals surface area contributed by atoms with Crippen LogP contribution in [0.4, 0.5) is 0 Å². The summed E-state index contributed by atoms with van der Waals surface area (Å²) in [6.45, 7) is 11.1. The van der Waals surface area contributed by atoms with Crippen molar-refractivity contribution >= 4 is 0 Å². The minimum Gasteiger partial charge on any atom is -0.496 e. The van der Waals surface area contributed by atoms with Gasteiger partial charge in [0.1, 0.15) is 17.1 Å². The van der Waals surface area contributed by atoms with Gasteiger partial charge in [-0.25, -0.2) is 0 Å². The molecule has 0 aromatic heterocycles. The highest BCUT2D eigenvalue weighted by molar-refractivity contribution is 5.55. The molecule has 3 nitrogen and oxygen atoms in total. The minimum atomic E-state index is -0.256. The van der Waals surface area contributed by atoms with Crippen molar-refractivity contribution in [1.29, 1.82) is 5.26 Å². The van der Waals surface area contributed by atoms with Crippen molar-refractivity contribution in [3.8, 4) is 17.6 Å². The summed E-state index contributed by atoms with van der Waals surface area (Å²) in [6.07, 6.45) is 6.00. The van der Waals surface area contributed by atoms with Gasteiger partial charge in [-0.3, -0.25) is 0 Å². The Morgan fingerprint density at radius 3 is 2.69 bits per heavy atom. The lowest BCUT2D eigenvalue weighted by molar-refractivity contribution is 0.00769. The molecule has 1 aromatic carbocycles. The first-order chi connectivity index (χ1) is 12.2. The molecule has 0 unspecified atom stereocenters. The Balaban J connectivity index is 2.15. The molecule has 1 heterocycles. The van der Waals surface area contributed by atoms with Gasteiger partial charge < -0.3 is 9.47 Å². The van der Waals surface area contributed by atoms with E-state index in [4.69, 9.17) is 9.47 Å². The second-order valence-corrected chi connectivity index (χ2v) is 8.92. The SMILES string of the molecule is CCCC(C)(C)c1cc(OC)c2c(c1)OC(C)(C)[C@@H]1CC=C(C#N)C[C@@H]21. The van der Waals surface area contributed by atoms with Crippen molar-refractivity contribution in [2.24, 2.45) is 5.92 Å². The second kappa shape index (κ2) is 6.65. The summed E-state index contributed by atoms with van der Waals surface area (Å²) in [6, 6.07) is 6.77. The van der Waals surface area contributed by atoms with E-state index >= 15 is 0 Å². The molecule has 0 saturated heterocycles. The van der Waals surface area contributed by atoms with Crippen LogP contribution in [0.15, 0.2) is 23.8 Å². The van der Waals surface area contributed by atoms with Crippen LogP contribution in [0.5, 0.6) is 11.5 Å². The molecule has 2 aliphatic rings. The van der Waals surface area contributed by atoms with Gasteiger partial charge in [0, 0.05) is 23.0 Å². The molecule has 0 N–H and O–H groups in total. The third-order valence-corrected chi connectivity index (χ3v) is 6.30. The third-order valence-electron chi connectivity index (χ3n) is 6.30. The Morgan fingerprint density at radius 1 is 1.35 bits per heavy atom. The van der Waals surface area contributed by atoms with Gasteiger partial charge in [-0.05, 0) is 56.2 Å². The molecule has 0 spiro atoms. The van der Waals surface area contributed by atoms with Crippen LogP contribution in [0.25, 0.3) is 0 Å². The van der Waals surface area contributed by atoms with Gasteiger partial charge in [0.25, 0.3) is 0 Å². The van der Waals surface area contributed by atoms with E-state index in [1.54, 1.807) is 7.11 Å². The Kier molecular flexibility index (Phi) is 4.82. The molecule has 3 rings (SSSR count). The van der Waals surface area contributed by atoms with Gasteiger partial charge in [0.2, 0.25) is 0 Å². The number of hydrogen-bond acceptors (Lipinski definition) is 3. The van der Waals surface area contributed by atoms with E-state index in [1.807, 2.05) is 0 Å². The highest BCUT2D eigenvalue weighted by Gasteiger charge is 2.46. The van der Waals surface area contributed by atoms with Crippen molar-refractivity contribution < 1.29 is 9.47 Å². The number of methoxy groups -OCH3 is 1. The fraction of sp³-hybridized carbons (Fsp3) is 0.609. The first kappa shape index (κ1) is 18.8. The van der Waals surface area contributed by atoms with Crippen molar-refractivity contribution in [3.63, 3.8) is 0 Å². The zero-order valence-electron chi connectivity index (χ0n) is 17.0. The highest BCUT2D eigenvalue weighted by Crippen LogP contribution is 2.55. The van der Waals surface area contributed by atoms with Crippen LogP contribution in [-0.2, 0) is 5.41 Å². The molecule has 0 bridgehead atoms. The number of ether oxygens (including phenoxy) is 2. The molecule has 1 aliphatic heterocycles. The zero-order chi connectivity index (χ0) is 19.1. The van der Waals surface area contributed by atoms with Gasteiger partial charge >= 0.3 is 0 Å². The van der Waals surface area contributed by atoms with Crippen molar-refractivity contribution in [2.75, 3.05) is 7.11 Å². The molecule has 1 aromatic rings. The summed E-state index contributed by atoms with van der Waals surface area (Å²) in [5.74, 6) is 2.47. The lowest BCUT2D eigenvalue weighted by atomic mass is 9.66. The van der Waals surface area contributed by atoms with E-state index in [2.05, 4.69) is 58.9 Å². The fourth-order valence-electron chi connectivity index (χ4n) is 4.80. The lowest BCUT2D eigenvalue weighted by Crippen LogP contribution is -2.45. The topological polar surface area (TPSA) is 42.2 Å².